The molecule has 0 saturated carbocycles. The van der Waals surface area contributed by atoms with Crippen molar-refractivity contribution in [2.24, 2.45) is 0 Å². The first kappa shape index (κ1) is 15.3. The van der Waals surface area contributed by atoms with Gasteiger partial charge in [0.05, 0.1) is 4.92 Å². The largest absolute Gasteiger partial charge is 0.388 e. The minimum absolute atomic E-state index is 0.0361. The van der Waals surface area contributed by atoms with Gasteiger partial charge < -0.3 is 15.5 Å². The molecular weight excluding hydrogens is 278 g/mol. The molecule has 0 bridgehead atoms. The van der Waals surface area contributed by atoms with Crippen LogP contribution in [0.1, 0.15) is 18.6 Å². The van der Waals surface area contributed by atoms with E-state index in [0.717, 1.165) is 12.3 Å². The van der Waals surface area contributed by atoms with Gasteiger partial charge in [0.1, 0.15) is 12.2 Å². The molecule has 0 saturated heterocycles. The average Bonchev–Trinajstić information content (AvgIpc) is 2.35. The summed E-state index contributed by atoms with van der Waals surface area (Å²) in [6.45, 7) is 1.07. The molecule has 2 unspecified atom stereocenters. The van der Waals surface area contributed by atoms with Crippen molar-refractivity contribution in [3.8, 4) is 0 Å². The van der Waals surface area contributed by atoms with Gasteiger partial charge in [-0.3, -0.25) is 14.9 Å². The monoisotopic (exact) mass is 289 g/mol. The Labute approximate surface area is 113 Å². The summed E-state index contributed by atoms with van der Waals surface area (Å²) in [5, 5.41) is 32.1. The Kier molecular flexibility index (Phi) is 5.16. The lowest BCUT2D eigenvalue weighted by Gasteiger charge is -2.17. The predicted molar refractivity (Wildman–Crippen MR) is 65.6 cm³/mol. The number of aromatic nitrogens is 1. The topological polar surface area (TPSA) is 126 Å². The molecule has 0 radical (unpaired) electrons. The quantitative estimate of drug-likeness (QED) is 0.403. The number of pyridine rings is 1. The first-order chi connectivity index (χ1) is 8.82. The fourth-order valence-corrected chi connectivity index (χ4v) is 1.50. The van der Waals surface area contributed by atoms with Crippen molar-refractivity contribution in [3.63, 3.8) is 0 Å². The molecule has 19 heavy (non-hydrogen) atoms. The molecule has 1 aromatic rings. The molecule has 0 aliphatic rings. The van der Waals surface area contributed by atoms with E-state index in [-0.39, 0.29) is 23.2 Å². The van der Waals surface area contributed by atoms with Gasteiger partial charge in [0.25, 0.3) is 0 Å². The summed E-state index contributed by atoms with van der Waals surface area (Å²) >= 11 is 5.52. The Morgan fingerprint density at radius 2 is 2.26 bits per heavy atom. The third-order valence-corrected chi connectivity index (χ3v) is 2.60. The fourth-order valence-electron chi connectivity index (χ4n) is 1.32. The molecular formula is C10H12ClN3O5. The minimum Gasteiger partial charge on any atom is -0.388 e. The number of nitro groups is 1. The maximum absolute atomic E-state index is 10.7. The summed E-state index contributed by atoms with van der Waals surface area (Å²) in [4.78, 5) is 24.2. The number of hydrogen-bond donors (Lipinski definition) is 3. The summed E-state index contributed by atoms with van der Waals surface area (Å²) < 4.78 is 0. The normalized spacial score (nSPS) is 13.7. The number of halogens is 1. The number of nitrogens with one attached hydrogen (secondary N) is 1. The highest BCUT2D eigenvalue weighted by molar-refractivity contribution is 6.31. The second kappa shape index (κ2) is 6.41. The first-order valence-corrected chi connectivity index (χ1v) is 5.61. The molecule has 0 spiro atoms. The van der Waals surface area contributed by atoms with E-state index in [2.05, 4.69) is 10.3 Å². The summed E-state index contributed by atoms with van der Waals surface area (Å²) in [5.41, 5.74) is -0.432. The molecule has 1 aromatic heterocycles. The molecule has 2 atom stereocenters. The molecule has 1 heterocycles. The molecule has 8 nitrogen and oxygen atoms in total. The van der Waals surface area contributed by atoms with E-state index < -0.39 is 22.8 Å². The van der Waals surface area contributed by atoms with Gasteiger partial charge in [-0.1, -0.05) is 11.6 Å². The number of carbonyl (C=O) groups is 1. The SMILES string of the molecule is CC(=O)NCC(O)C(O)c1cnc(Cl)c([N+](=O)[O-])c1. The first-order valence-electron chi connectivity index (χ1n) is 5.23. The Morgan fingerprint density at radius 3 is 2.79 bits per heavy atom. The number of aliphatic hydroxyl groups excluding tert-OH is 2. The lowest BCUT2D eigenvalue weighted by molar-refractivity contribution is -0.385. The van der Waals surface area contributed by atoms with Crippen LogP contribution in [-0.4, -0.2) is 38.7 Å². The Bertz CT molecular complexity index is 496. The molecule has 1 amide bonds. The number of aliphatic hydroxyl groups is 2. The van der Waals surface area contributed by atoms with Crippen molar-refractivity contribution in [1.82, 2.24) is 10.3 Å². The zero-order valence-corrected chi connectivity index (χ0v) is 10.7. The maximum Gasteiger partial charge on any atom is 0.306 e. The van der Waals surface area contributed by atoms with Gasteiger partial charge in [0.2, 0.25) is 11.1 Å². The highest BCUT2D eigenvalue weighted by atomic mass is 35.5. The smallest absolute Gasteiger partial charge is 0.306 e. The summed E-state index contributed by atoms with van der Waals surface area (Å²) in [5.74, 6) is -0.369. The Hall–Kier alpha value is -1.77. The Balaban J connectivity index is 2.87. The molecule has 0 aromatic carbocycles. The van der Waals surface area contributed by atoms with Crippen molar-refractivity contribution in [2.45, 2.75) is 19.1 Å². The summed E-state index contributed by atoms with van der Waals surface area (Å²) in [6, 6.07) is 1.02. The summed E-state index contributed by atoms with van der Waals surface area (Å²) in [7, 11) is 0. The van der Waals surface area contributed by atoms with Crippen molar-refractivity contribution in [2.75, 3.05) is 6.54 Å². The molecule has 9 heteroatoms. The number of nitrogens with zero attached hydrogens (tertiary/aromatic N) is 2. The second-order valence-electron chi connectivity index (χ2n) is 3.78. The van der Waals surface area contributed by atoms with Gasteiger partial charge >= 0.3 is 5.69 Å². The van der Waals surface area contributed by atoms with Gasteiger partial charge in [-0.2, -0.15) is 0 Å². The van der Waals surface area contributed by atoms with Crippen LogP contribution < -0.4 is 5.32 Å². The van der Waals surface area contributed by atoms with Crippen molar-refractivity contribution < 1.29 is 19.9 Å². The van der Waals surface area contributed by atoms with Crippen LogP contribution in [0.2, 0.25) is 5.15 Å². The van der Waals surface area contributed by atoms with E-state index in [1.165, 1.54) is 6.92 Å². The van der Waals surface area contributed by atoms with Gasteiger partial charge in [0.15, 0.2) is 0 Å². The number of amides is 1. The van der Waals surface area contributed by atoms with Crippen LogP contribution in [0, 0.1) is 10.1 Å². The van der Waals surface area contributed by atoms with Crippen LogP contribution in [-0.2, 0) is 4.79 Å². The van der Waals surface area contributed by atoms with Crippen LogP contribution in [0.4, 0.5) is 5.69 Å². The number of carbonyl (C=O) groups excluding carboxylic acids is 1. The maximum atomic E-state index is 10.7. The van der Waals surface area contributed by atoms with Crippen molar-refractivity contribution in [1.29, 1.82) is 0 Å². The average molecular weight is 290 g/mol. The van der Waals surface area contributed by atoms with E-state index in [0.29, 0.717) is 0 Å². The van der Waals surface area contributed by atoms with Crippen LogP contribution in [0.5, 0.6) is 0 Å². The zero-order chi connectivity index (χ0) is 14.6. The van der Waals surface area contributed by atoms with Crippen LogP contribution >= 0.6 is 11.6 Å². The third-order valence-electron chi connectivity index (χ3n) is 2.30. The van der Waals surface area contributed by atoms with E-state index in [4.69, 9.17) is 11.6 Å². The fraction of sp³-hybridized carbons (Fsp3) is 0.400. The molecule has 3 N–H and O–H groups in total. The minimum atomic E-state index is -1.42. The Morgan fingerprint density at radius 1 is 1.63 bits per heavy atom. The molecule has 0 aliphatic heterocycles. The van der Waals surface area contributed by atoms with Gasteiger partial charge in [0, 0.05) is 31.3 Å². The van der Waals surface area contributed by atoms with Crippen LogP contribution in [0.3, 0.4) is 0 Å². The highest BCUT2D eigenvalue weighted by Crippen LogP contribution is 2.26. The van der Waals surface area contributed by atoms with Crippen LogP contribution in [0.15, 0.2) is 12.3 Å². The summed E-state index contributed by atoms with van der Waals surface area (Å²) in [6.07, 6.45) is -1.61. The predicted octanol–water partition coefficient (Wildman–Crippen LogP) is 0.174. The lowest BCUT2D eigenvalue weighted by Crippen LogP contribution is -2.34. The molecule has 0 aliphatic carbocycles. The van der Waals surface area contributed by atoms with Gasteiger partial charge in [-0.25, -0.2) is 4.98 Å². The van der Waals surface area contributed by atoms with Gasteiger partial charge in [-0.05, 0) is 0 Å². The van der Waals surface area contributed by atoms with Crippen molar-refractivity contribution >= 4 is 23.2 Å². The number of rotatable bonds is 5. The highest BCUT2D eigenvalue weighted by Gasteiger charge is 2.23. The van der Waals surface area contributed by atoms with E-state index in [1.54, 1.807) is 0 Å². The lowest BCUT2D eigenvalue weighted by atomic mass is 10.1. The van der Waals surface area contributed by atoms with E-state index in [1.807, 2.05) is 0 Å². The standard InChI is InChI=1S/C10H12ClN3O5/c1-5(15)12-4-8(16)9(17)6-2-7(14(18)19)10(11)13-3-6/h2-3,8-9,16-17H,4H2,1H3,(H,12,15). The number of hydrogen-bond acceptors (Lipinski definition) is 6. The second-order valence-corrected chi connectivity index (χ2v) is 4.14. The van der Waals surface area contributed by atoms with Gasteiger partial charge in [-0.15, -0.1) is 0 Å². The van der Waals surface area contributed by atoms with E-state index in [9.17, 15) is 25.1 Å². The molecule has 0 fully saturated rings. The molecule has 104 valence electrons. The molecule has 1 rings (SSSR count). The zero-order valence-electron chi connectivity index (χ0n) is 9.91. The van der Waals surface area contributed by atoms with Crippen LogP contribution in [0.25, 0.3) is 0 Å². The van der Waals surface area contributed by atoms with Crippen molar-refractivity contribution in [3.05, 3.63) is 33.1 Å². The van der Waals surface area contributed by atoms with E-state index >= 15 is 0 Å². The third kappa shape index (κ3) is 4.12.